The maximum Gasteiger partial charge on any atom is 0.223 e. The number of carbonyl (C=O) groups excluding carboxylic acids is 2. The first-order valence-corrected chi connectivity index (χ1v) is 11.7. The summed E-state index contributed by atoms with van der Waals surface area (Å²) < 4.78 is 0. The standard InChI is InChI=1S/C24H26N4O2S/c1-14-15(2)31-24-21(14)22(25-13-26-24)28-11-9-16(10-12-28)23(30)27-19-7-8-20(29)18-6-4-3-5-17(18)19/h3-6,13,16,19H,7-12H2,1-2H3,(H,27,30). The third kappa shape index (κ3) is 3.61. The van der Waals surface area contributed by atoms with Crippen LogP contribution in [0.5, 0.6) is 0 Å². The number of hydrogen-bond acceptors (Lipinski definition) is 6. The number of amides is 1. The van der Waals surface area contributed by atoms with E-state index in [0.29, 0.717) is 12.8 Å². The van der Waals surface area contributed by atoms with Gasteiger partial charge < -0.3 is 10.2 Å². The number of ketones is 1. The van der Waals surface area contributed by atoms with E-state index in [1.54, 1.807) is 17.7 Å². The van der Waals surface area contributed by atoms with Crippen LogP contribution < -0.4 is 10.2 Å². The quantitative estimate of drug-likeness (QED) is 0.663. The number of benzene rings is 1. The molecule has 1 N–H and O–H groups in total. The normalized spacial score (nSPS) is 19.5. The maximum absolute atomic E-state index is 13.0. The van der Waals surface area contributed by atoms with E-state index in [-0.39, 0.29) is 23.7 Å². The van der Waals surface area contributed by atoms with Crippen LogP contribution in [0.3, 0.4) is 0 Å². The number of hydrogen-bond donors (Lipinski definition) is 1. The molecule has 160 valence electrons. The minimum atomic E-state index is -0.0719. The number of fused-ring (bicyclic) bond motifs is 2. The second-order valence-corrected chi connectivity index (χ2v) is 9.74. The molecule has 0 spiro atoms. The third-order valence-corrected chi connectivity index (χ3v) is 7.84. The fraction of sp³-hybridized carbons (Fsp3) is 0.417. The Balaban J connectivity index is 1.27. The molecule has 1 aliphatic carbocycles. The van der Waals surface area contributed by atoms with Crippen molar-refractivity contribution in [3.05, 3.63) is 52.2 Å². The smallest absolute Gasteiger partial charge is 0.223 e. The summed E-state index contributed by atoms with van der Waals surface area (Å²) in [6.45, 7) is 5.86. The highest BCUT2D eigenvalue weighted by Crippen LogP contribution is 2.36. The molecule has 2 aliphatic rings. The molecule has 31 heavy (non-hydrogen) atoms. The van der Waals surface area contributed by atoms with Gasteiger partial charge in [0, 0.05) is 35.9 Å². The molecule has 1 atom stereocenters. The molecule has 2 aromatic heterocycles. The van der Waals surface area contributed by atoms with Gasteiger partial charge in [-0.15, -0.1) is 11.3 Å². The van der Waals surface area contributed by atoms with E-state index < -0.39 is 0 Å². The van der Waals surface area contributed by atoms with Crippen molar-refractivity contribution < 1.29 is 9.59 Å². The molecule has 1 aliphatic heterocycles. The number of rotatable bonds is 3. The van der Waals surface area contributed by atoms with Crippen LogP contribution >= 0.6 is 11.3 Å². The molecule has 3 aromatic rings. The zero-order valence-corrected chi connectivity index (χ0v) is 18.7. The molecule has 1 unspecified atom stereocenters. The molecule has 3 heterocycles. The van der Waals surface area contributed by atoms with Gasteiger partial charge >= 0.3 is 0 Å². The van der Waals surface area contributed by atoms with Crippen molar-refractivity contribution in [2.75, 3.05) is 18.0 Å². The average molecular weight is 435 g/mol. The Kier molecular flexibility index (Phi) is 5.22. The lowest BCUT2D eigenvalue weighted by atomic mass is 9.86. The van der Waals surface area contributed by atoms with E-state index >= 15 is 0 Å². The Hall–Kier alpha value is -2.80. The van der Waals surface area contributed by atoms with Gasteiger partial charge in [-0.05, 0) is 44.2 Å². The summed E-state index contributed by atoms with van der Waals surface area (Å²) in [5.74, 6) is 1.25. The predicted octanol–water partition coefficient (Wildman–Crippen LogP) is 4.36. The van der Waals surface area contributed by atoms with Crippen LogP contribution in [0.4, 0.5) is 5.82 Å². The third-order valence-electron chi connectivity index (χ3n) is 6.72. The highest BCUT2D eigenvalue weighted by atomic mass is 32.1. The van der Waals surface area contributed by atoms with E-state index in [2.05, 4.69) is 34.0 Å². The summed E-state index contributed by atoms with van der Waals surface area (Å²) in [5, 5.41) is 4.38. The van der Waals surface area contributed by atoms with Crippen LogP contribution in [-0.4, -0.2) is 34.7 Å². The lowest BCUT2D eigenvalue weighted by Crippen LogP contribution is -2.42. The highest BCUT2D eigenvalue weighted by molar-refractivity contribution is 7.18. The van der Waals surface area contributed by atoms with E-state index in [9.17, 15) is 9.59 Å². The molecule has 1 aromatic carbocycles. The van der Waals surface area contributed by atoms with Crippen molar-refractivity contribution >= 4 is 39.1 Å². The number of nitrogens with zero attached hydrogens (tertiary/aromatic N) is 3. The SMILES string of the molecule is Cc1sc2ncnc(N3CCC(C(=O)NC4CCC(=O)c5ccccc54)CC3)c2c1C. The largest absolute Gasteiger partial charge is 0.356 e. The number of carbonyl (C=O) groups is 2. The second kappa shape index (κ2) is 8.04. The zero-order chi connectivity index (χ0) is 21.5. The fourth-order valence-electron chi connectivity index (χ4n) is 4.82. The molecule has 1 saturated heterocycles. The summed E-state index contributed by atoms with van der Waals surface area (Å²) in [7, 11) is 0. The fourth-order valence-corrected chi connectivity index (χ4v) is 5.81. The molecule has 7 heteroatoms. The first-order chi connectivity index (χ1) is 15.0. The second-order valence-electron chi connectivity index (χ2n) is 8.53. The number of Topliss-reactive ketones (excluding diaryl/α,β-unsaturated/α-hetero) is 1. The minimum absolute atomic E-state index is 0.0105. The van der Waals surface area contributed by atoms with Crippen molar-refractivity contribution in [1.29, 1.82) is 0 Å². The van der Waals surface area contributed by atoms with Gasteiger partial charge in [-0.25, -0.2) is 9.97 Å². The monoisotopic (exact) mass is 434 g/mol. The lowest BCUT2D eigenvalue weighted by Gasteiger charge is -2.34. The number of aryl methyl sites for hydroxylation is 2. The molecule has 1 amide bonds. The summed E-state index contributed by atoms with van der Waals surface area (Å²) in [4.78, 5) is 38.8. The number of anilines is 1. The zero-order valence-electron chi connectivity index (χ0n) is 17.9. The van der Waals surface area contributed by atoms with Crippen LogP contribution in [0.15, 0.2) is 30.6 Å². The molecule has 0 radical (unpaired) electrons. The molecule has 0 bridgehead atoms. The Morgan fingerprint density at radius 2 is 1.90 bits per heavy atom. The van der Waals surface area contributed by atoms with Crippen LogP contribution in [-0.2, 0) is 4.79 Å². The summed E-state index contributed by atoms with van der Waals surface area (Å²) in [6.07, 6.45) is 4.41. The molecule has 6 nitrogen and oxygen atoms in total. The summed E-state index contributed by atoms with van der Waals surface area (Å²) >= 11 is 1.71. The summed E-state index contributed by atoms with van der Waals surface area (Å²) in [6, 6.07) is 7.58. The van der Waals surface area contributed by atoms with Gasteiger partial charge in [0.2, 0.25) is 5.91 Å². The Labute approximate surface area is 185 Å². The van der Waals surface area contributed by atoms with Crippen molar-refractivity contribution in [2.24, 2.45) is 5.92 Å². The molecule has 0 saturated carbocycles. The molecular formula is C24H26N4O2S. The van der Waals surface area contributed by atoms with Gasteiger partial charge in [0.15, 0.2) is 5.78 Å². The van der Waals surface area contributed by atoms with Gasteiger partial charge in [-0.3, -0.25) is 9.59 Å². The van der Waals surface area contributed by atoms with E-state index in [1.165, 1.54) is 10.4 Å². The van der Waals surface area contributed by atoms with Crippen molar-refractivity contribution in [1.82, 2.24) is 15.3 Å². The van der Waals surface area contributed by atoms with Crippen LogP contribution in [0.1, 0.15) is 58.1 Å². The van der Waals surface area contributed by atoms with Crippen LogP contribution in [0.2, 0.25) is 0 Å². The number of nitrogens with one attached hydrogen (secondary N) is 1. The molecule has 1 fully saturated rings. The molecular weight excluding hydrogens is 408 g/mol. The first kappa shape index (κ1) is 20.1. The van der Waals surface area contributed by atoms with Crippen molar-refractivity contribution in [2.45, 2.75) is 45.6 Å². The van der Waals surface area contributed by atoms with Gasteiger partial charge in [0.25, 0.3) is 0 Å². The van der Waals surface area contributed by atoms with E-state index in [0.717, 1.165) is 53.1 Å². The predicted molar refractivity (Wildman–Crippen MR) is 123 cm³/mol. The lowest BCUT2D eigenvalue weighted by molar-refractivity contribution is -0.126. The Bertz CT molecular complexity index is 1160. The number of thiophene rings is 1. The minimum Gasteiger partial charge on any atom is -0.356 e. The van der Waals surface area contributed by atoms with Gasteiger partial charge in [0.05, 0.1) is 11.4 Å². The van der Waals surface area contributed by atoms with Crippen molar-refractivity contribution in [3.63, 3.8) is 0 Å². The number of piperidine rings is 1. The first-order valence-electron chi connectivity index (χ1n) is 10.9. The topological polar surface area (TPSA) is 75.2 Å². The Morgan fingerprint density at radius 1 is 1.13 bits per heavy atom. The van der Waals surface area contributed by atoms with Crippen LogP contribution in [0, 0.1) is 19.8 Å². The maximum atomic E-state index is 13.0. The highest BCUT2D eigenvalue weighted by Gasteiger charge is 2.31. The Morgan fingerprint density at radius 3 is 2.71 bits per heavy atom. The van der Waals surface area contributed by atoms with E-state index in [1.807, 2.05) is 24.3 Å². The van der Waals surface area contributed by atoms with Crippen LogP contribution in [0.25, 0.3) is 10.2 Å². The molecule has 5 rings (SSSR count). The van der Waals surface area contributed by atoms with Crippen molar-refractivity contribution in [3.8, 4) is 0 Å². The van der Waals surface area contributed by atoms with Gasteiger partial charge in [-0.1, -0.05) is 24.3 Å². The summed E-state index contributed by atoms with van der Waals surface area (Å²) in [5.41, 5.74) is 2.96. The van der Waals surface area contributed by atoms with Gasteiger partial charge in [0.1, 0.15) is 17.0 Å². The average Bonchev–Trinajstić information content (AvgIpc) is 3.09. The van der Waals surface area contributed by atoms with E-state index in [4.69, 9.17) is 0 Å². The number of aromatic nitrogens is 2. The van der Waals surface area contributed by atoms with Gasteiger partial charge in [-0.2, -0.15) is 0 Å².